The van der Waals surface area contributed by atoms with Gasteiger partial charge in [-0.25, -0.2) is 9.97 Å². The van der Waals surface area contributed by atoms with Crippen LogP contribution in [0.5, 0.6) is 0 Å². The van der Waals surface area contributed by atoms with Gasteiger partial charge in [0.1, 0.15) is 0 Å². The van der Waals surface area contributed by atoms with Crippen molar-refractivity contribution in [1.82, 2.24) is 14.5 Å². The number of fused-ring (bicyclic) bond motifs is 13. The van der Waals surface area contributed by atoms with E-state index in [1.165, 1.54) is 65.0 Å². The molecule has 3 heterocycles. The van der Waals surface area contributed by atoms with Crippen LogP contribution in [0.2, 0.25) is 0 Å². The Morgan fingerprint density at radius 2 is 0.951 bits per heavy atom. The number of hydrogen-bond donors (Lipinski definition) is 0. The van der Waals surface area contributed by atoms with Crippen molar-refractivity contribution >= 4 is 44.3 Å². The molecule has 0 saturated carbocycles. The Kier molecular flexibility index (Phi) is 7.45. The van der Waals surface area contributed by atoms with Crippen LogP contribution in [0.25, 0.3) is 83.3 Å². The first-order chi connectivity index (χ1) is 30.3. The van der Waals surface area contributed by atoms with Gasteiger partial charge in [0.25, 0.3) is 0 Å². The Morgan fingerprint density at radius 1 is 0.361 bits per heavy atom. The molecule has 0 saturated heterocycles. The molecule has 0 radical (unpaired) electrons. The fourth-order valence-electron chi connectivity index (χ4n) is 10.3. The molecule has 2 aliphatic rings. The normalized spacial score (nSPS) is 13.3. The number of hydrogen-bond acceptors (Lipinski definition) is 3. The molecule has 0 unspecified atom stereocenters. The quantitative estimate of drug-likeness (QED) is 0.178. The molecule has 9 aromatic carbocycles. The highest BCUT2D eigenvalue weighted by molar-refractivity contribution is 7.99. The average Bonchev–Trinajstić information content (AvgIpc) is 3.81. The minimum atomic E-state index is -0.467. The van der Waals surface area contributed by atoms with E-state index < -0.39 is 5.41 Å². The summed E-state index contributed by atoms with van der Waals surface area (Å²) in [5.74, 6) is 0.709. The van der Waals surface area contributed by atoms with Crippen LogP contribution < -0.4 is 0 Å². The second kappa shape index (κ2) is 13.2. The van der Waals surface area contributed by atoms with Crippen molar-refractivity contribution in [3.63, 3.8) is 0 Å². The summed E-state index contributed by atoms with van der Waals surface area (Å²) >= 11 is 1.90. The molecule has 13 rings (SSSR count). The van der Waals surface area contributed by atoms with Crippen LogP contribution in [0.4, 0.5) is 0 Å². The third-order valence-electron chi connectivity index (χ3n) is 12.9. The lowest BCUT2D eigenvalue weighted by Crippen LogP contribution is -2.32. The minimum absolute atomic E-state index is 0.467. The highest BCUT2D eigenvalue weighted by Gasteiger charge is 2.50. The maximum atomic E-state index is 5.27. The summed E-state index contributed by atoms with van der Waals surface area (Å²) < 4.78 is 2.51. The zero-order valence-corrected chi connectivity index (χ0v) is 33.8. The van der Waals surface area contributed by atoms with Crippen molar-refractivity contribution in [2.75, 3.05) is 0 Å². The largest absolute Gasteiger partial charge is 0.309 e. The Bertz CT molecular complexity index is 3470. The molecule has 284 valence electrons. The van der Waals surface area contributed by atoms with E-state index in [-0.39, 0.29) is 0 Å². The molecule has 0 amide bonds. The number of aromatic nitrogens is 3. The van der Waals surface area contributed by atoms with Gasteiger partial charge in [0.05, 0.1) is 33.5 Å². The Hall–Kier alpha value is -7.53. The third-order valence-corrected chi connectivity index (χ3v) is 14.0. The lowest BCUT2D eigenvalue weighted by Gasteiger charge is -2.39. The first kappa shape index (κ1) is 34.3. The van der Waals surface area contributed by atoms with Gasteiger partial charge in [0.15, 0.2) is 5.82 Å². The number of para-hydroxylation sites is 1. The maximum Gasteiger partial charge on any atom is 0.160 e. The van der Waals surface area contributed by atoms with Gasteiger partial charge in [-0.2, -0.15) is 0 Å². The molecule has 1 aliphatic carbocycles. The second-order valence-electron chi connectivity index (χ2n) is 16.0. The Balaban J connectivity index is 1.08. The Labute approximate surface area is 357 Å². The van der Waals surface area contributed by atoms with Crippen LogP contribution in [0.15, 0.2) is 222 Å². The fourth-order valence-corrected chi connectivity index (χ4v) is 11.5. The predicted molar refractivity (Wildman–Crippen MR) is 252 cm³/mol. The maximum absolute atomic E-state index is 5.27. The number of benzene rings is 9. The van der Waals surface area contributed by atoms with Crippen LogP contribution in [0.1, 0.15) is 22.3 Å². The lowest BCUT2D eigenvalue weighted by atomic mass is 9.67. The van der Waals surface area contributed by atoms with Crippen molar-refractivity contribution in [2.24, 2.45) is 0 Å². The van der Waals surface area contributed by atoms with Gasteiger partial charge in [0.2, 0.25) is 0 Å². The molecule has 0 bridgehead atoms. The van der Waals surface area contributed by atoms with E-state index in [9.17, 15) is 0 Å². The molecular weight excluding hydrogens is 759 g/mol. The van der Waals surface area contributed by atoms with Gasteiger partial charge < -0.3 is 4.57 Å². The third kappa shape index (κ3) is 4.94. The molecule has 61 heavy (non-hydrogen) atoms. The van der Waals surface area contributed by atoms with Crippen LogP contribution in [0, 0.1) is 0 Å². The monoisotopic (exact) mass is 793 g/mol. The van der Waals surface area contributed by atoms with E-state index in [0.29, 0.717) is 5.82 Å². The van der Waals surface area contributed by atoms with Gasteiger partial charge in [-0.05, 0) is 75.2 Å². The van der Waals surface area contributed by atoms with E-state index in [4.69, 9.17) is 9.97 Å². The van der Waals surface area contributed by atoms with Crippen LogP contribution in [-0.4, -0.2) is 14.5 Å². The molecule has 2 aromatic heterocycles. The summed E-state index contributed by atoms with van der Waals surface area (Å²) in [6.07, 6.45) is 0. The van der Waals surface area contributed by atoms with Crippen molar-refractivity contribution in [3.8, 4) is 50.7 Å². The van der Waals surface area contributed by atoms with Gasteiger partial charge >= 0.3 is 0 Å². The van der Waals surface area contributed by atoms with Crippen molar-refractivity contribution in [1.29, 1.82) is 0 Å². The highest BCUT2D eigenvalue weighted by atomic mass is 32.2. The molecule has 0 fully saturated rings. The first-order valence-corrected chi connectivity index (χ1v) is 21.6. The smallest absolute Gasteiger partial charge is 0.160 e. The van der Waals surface area contributed by atoms with Crippen LogP contribution in [0.3, 0.4) is 0 Å². The lowest BCUT2D eigenvalue weighted by molar-refractivity contribution is 0.724. The van der Waals surface area contributed by atoms with Crippen molar-refractivity contribution in [3.05, 3.63) is 235 Å². The van der Waals surface area contributed by atoms with Gasteiger partial charge in [0, 0.05) is 42.6 Å². The van der Waals surface area contributed by atoms with E-state index in [1.54, 1.807) is 0 Å². The molecule has 0 atom stereocenters. The van der Waals surface area contributed by atoms with Crippen molar-refractivity contribution in [2.45, 2.75) is 15.2 Å². The topological polar surface area (TPSA) is 30.7 Å². The molecule has 4 heteroatoms. The van der Waals surface area contributed by atoms with Crippen LogP contribution >= 0.6 is 11.8 Å². The van der Waals surface area contributed by atoms with Gasteiger partial charge in [-0.1, -0.05) is 188 Å². The summed E-state index contributed by atoms with van der Waals surface area (Å²) in [4.78, 5) is 13.0. The number of nitrogens with zero attached hydrogens (tertiary/aromatic N) is 3. The standard InChI is InChI=1S/C57H35N3S/c1-3-17-36(18-4-1)49-35-50(59-56(58-49)37-19-5-2-6-20-37)41-31-32-52(42-24-8-7-21-38(41)42)60-51-29-15-11-25-43(51)44-33-55-48(34-53(44)60)57(47-28-14-16-30-54(47)61-55)45-26-12-9-22-39(45)40-23-10-13-27-46(40)57/h1-35H. The predicted octanol–water partition coefficient (Wildman–Crippen LogP) is 14.6. The summed E-state index contributed by atoms with van der Waals surface area (Å²) in [7, 11) is 0. The van der Waals surface area contributed by atoms with Gasteiger partial charge in [-0.15, -0.1) is 0 Å². The molecule has 1 spiro atoms. The zero-order chi connectivity index (χ0) is 40.1. The van der Waals surface area contributed by atoms with Crippen molar-refractivity contribution < 1.29 is 0 Å². The summed E-state index contributed by atoms with van der Waals surface area (Å²) in [5, 5.41) is 4.79. The van der Waals surface area contributed by atoms with E-state index in [2.05, 4.69) is 193 Å². The van der Waals surface area contributed by atoms with E-state index >= 15 is 0 Å². The summed E-state index contributed by atoms with van der Waals surface area (Å²) in [6, 6.07) is 77.3. The molecular formula is C57H35N3S. The first-order valence-electron chi connectivity index (χ1n) is 20.8. The second-order valence-corrected chi connectivity index (χ2v) is 17.1. The molecule has 11 aromatic rings. The molecule has 1 aliphatic heterocycles. The SMILES string of the molecule is c1ccc(-c2cc(-c3ccc(-n4c5ccccc5c5cc6c(cc54)C4(c5ccccc5S6)c5ccccc5-c5ccccc54)c4ccccc34)nc(-c3ccccc3)n2)cc1. The van der Waals surface area contributed by atoms with E-state index in [1.807, 2.05) is 36.0 Å². The van der Waals surface area contributed by atoms with E-state index in [0.717, 1.165) is 44.5 Å². The minimum Gasteiger partial charge on any atom is -0.309 e. The average molecular weight is 794 g/mol. The fraction of sp³-hybridized carbons (Fsp3) is 0.0175. The molecule has 0 N–H and O–H groups in total. The molecule has 3 nitrogen and oxygen atoms in total. The highest BCUT2D eigenvalue weighted by Crippen LogP contribution is 2.62. The summed E-state index contributed by atoms with van der Waals surface area (Å²) in [5.41, 5.74) is 15.9. The summed E-state index contributed by atoms with van der Waals surface area (Å²) in [6.45, 7) is 0. The number of rotatable bonds is 4. The Morgan fingerprint density at radius 3 is 1.70 bits per heavy atom. The van der Waals surface area contributed by atoms with Gasteiger partial charge in [-0.3, -0.25) is 0 Å². The van der Waals surface area contributed by atoms with Crippen LogP contribution in [-0.2, 0) is 5.41 Å². The zero-order valence-electron chi connectivity index (χ0n) is 33.0.